The Morgan fingerprint density at radius 3 is 2.78 bits per heavy atom. The van der Waals surface area contributed by atoms with Crippen LogP contribution in [0.1, 0.15) is 23.5 Å². The van der Waals surface area contributed by atoms with E-state index in [2.05, 4.69) is 17.0 Å². The van der Waals surface area contributed by atoms with Gasteiger partial charge in [0, 0.05) is 31.2 Å². The predicted molar refractivity (Wildman–Crippen MR) is 90.0 cm³/mol. The summed E-state index contributed by atoms with van der Waals surface area (Å²) in [5.74, 6) is 1.06. The molecule has 0 bridgehead atoms. The van der Waals surface area contributed by atoms with Gasteiger partial charge in [0.15, 0.2) is 0 Å². The van der Waals surface area contributed by atoms with E-state index >= 15 is 0 Å². The Hall–Kier alpha value is -1.91. The van der Waals surface area contributed by atoms with Crippen molar-refractivity contribution < 1.29 is 9.13 Å². The summed E-state index contributed by atoms with van der Waals surface area (Å²) in [5.41, 5.74) is 8.21. The maximum atomic E-state index is 13.9. The number of piperidine rings is 1. The van der Waals surface area contributed by atoms with E-state index in [1.54, 1.807) is 13.2 Å². The molecule has 1 aliphatic heterocycles. The SMILES string of the molecule is COc1cccc(C2CC(N)CN(Cc3ccccc3F)C2)c1. The predicted octanol–water partition coefficient (Wildman–Crippen LogP) is 3.15. The Morgan fingerprint density at radius 1 is 1.17 bits per heavy atom. The van der Waals surface area contributed by atoms with Gasteiger partial charge in [0.2, 0.25) is 0 Å². The van der Waals surface area contributed by atoms with Crippen LogP contribution in [0.2, 0.25) is 0 Å². The molecule has 0 radical (unpaired) electrons. The van der Waals surface area contributed by atoms with Gasteiger partial charge in [0.05, 0.1) is 7.11 Å². The smallest absolute Gasteiger partial charge is 0.127 e. The van der Waals surface area contributed by atoms with Crippen molar-refractivity contribution in [1.29, 1.82) is 0 Å². The molecule has 1 saturated heterocycles. The van der Waals surface area contributed by atoms with E-state index in [0.29, 0.717) is 12.5 Å². The van der Waals surface area contributed by atoms with E-state index in [4.69, 9.17) is 10.5 Å². The molecule has 1 heterocycles. The van der Waals surface area contributed by atoms with Crippen LogP contribution in [-0.2, 0) is 6.54 Å². The quantitative estimate of drug-likeness (QED) is 0.942. The maximum Gasteiger partial charge on any atom is 0.127 e. The van der Waals surface area contributed by atoms with E-state index < -0.39 is 0 Å². The van der Waals surface area contributed by atoms with Crippen LogP contribution in [0, 0.1) is 5.82 Å². The minimum Gasteiger partial charge on any atom is -0.497 e. The highest BCUT2D eigenvalue weighted by molar-refractivity contribution is 5.31. The molecular formula is C19H23FN2O. The summed E-state index contributed by atoms with van der Waals surface area (Å²) in [6.45, 7) is 2.28. The zero-order chi connectivity index (χ0) is 16.2. The lowest BCUT2D eigenvalue weighted by Gasteiger charge is -2.36. The number of methoxy groups -OCH3 is 1. The Labute approximate surface area is 136 Å². The van der Waals surface area contributed by atoms with Gasteiger partial charge >= 0.3 is 0 Å². The van der Waals surface area contributed by atoms with Crippen LogP contribution in [0.5, 0.6) is 5.75 Å². The van der Waals surface area contributed by atoms with Crippen molar-refractivity contribution >= 4 is 0 Å². The third-order valence-corrected chi connectivity index (χ3v) is 4.48. The number of likely N-dealkylation sites (tertiary alicyclic amines) is 1. The molecule has 2 aromatic rings. The average molecular weight is 314 g/mol. The highest BCUT2D eigenvalue weighted by atomic mass is 19.1. The van der Waals surface area contributed by atoms with E-state index in [0.717, 1.165) is 30.8 Å². The van der Waals surface area contributed by atoms with Gasteiger partial charge in [-0.05, 0) is 36.1 Å². The van der Waals surface area contributed by atoms with Crippen LogP contribution in [0.15, 0.2) is 48.5 Å². The molecule has 4 heteroatoms. The molecule has 0 aliphatic carbocycles. The number of ether oxygens (including phenoxy) is 1. The second-order valence-electron chi connectivity index (χ2n) is 6.25. The van der Waals surface area contributed by atoms with Crippen molar-refractivity contribution in [3.05, 3.63) is 65.5 Å². The monoisotopic (exact) mass is 314 g/mol. The summed E-state index contributed by atoms with van der Waals surface area (Å²) in [6.07, 6.45) is 0.945. The first-order chi connectivity index (χ1) is 11.2. The Kier molecular flexibility index (Phi) is 4.94. The number of benzene rings is 2. The topological polar surface area (TPSA) is 38.5 Å². The molecule has 2 aromatic carbocycles. The second-order valence-corrected chi connectivity index (χ2v) is 6.25. The number of nitrogens with zero attached hydrogens (tertiary/aromatic N) is 1. The third-order valence-electron chi connectivity index (χ3n) is 4.48. The first-order valence-electron chi connectivity index (χ1n) is 8.01. The summed E-state index contributed by atoms with van der Waals surface area (Å²) >= 11 is 0. The molecule has 0 saturated carbocycles. The van der Waals surface area contributed by atoms with Crippen LogP contribution in [0.25, 0.3) is 0 Å². The Balaban J connectivity index is 1.75. The van der Waals surface area contributed by atoms with Gasteiger partial charge < -0.3 is 10.5 Å². The number of halogens is 1. The number of rotatable bonds is 4. The van der Waals surface area contributed by atoms with E-state index in [9.17, 15) is 4.39 Å². The molecule has 2 atom stereocenters. The van der Waals surface area contributed by atoms with Gasteiger partial charge in [0.25, 0.3) is 0 Å². The van der Waals surface area contributed by atoms with Crippen molar-refractivity contribution in [2.75, 3.05) is 20.2 Å². The van der Waals surface area contributed by atoms with Crippen molar-refractivity contribution in [3.63, 3.8) is 0 Å². The number of hydrogen-bond donors (Lipinski definition) is 1. The minimum atomic E-state index is -0.149. The molecule has 2 unspecified atom stereocenters. The van der Waals surface area contributed by atoms with E-state index in [-0.39, 0.29) is 11.9 Å². The van der Waals surface area contributed by atoms with Gasteiger partial charge in [0.1, 0.15) is 11.6 Å². The first kappa shape index (κ1) is 16.0. The second kappa shape index (κ2) is 7.11. The molecule has 1 aliphatic rings. The third kappa shape index (κ3) is 3.89. The molecule has 23 heavy (non-hydrogen) atoms. The molecule has 3 rings (SSSR count). The maximum absolute atomic E-state index is 13.9. The van der Waals surface area contributed by atoms with Gasteiger partial charge in [-0.1, -0.05) is 30.3 Å². The fourth-order valence-electron chi connectivity index (χ4n) is 3.37. The summed E-state index contributed by atoms with van der Waals surface area (Å²) in [7, 11) is 1.68. The standard InChI is InChI=1S/C19H23FN2O/c1-23-18-7-4-6-14(10-18)16-9-17(21)13-22(12-16)11-15-5-2-3-8-19(15)20/h2-8,10,16-17H,9,11-13,21H2,1H3. The fraction of sp³-hybridized carbons (Fsp3) is 0.368. The van der Waals surface area contributed by atoms with Crippen LogP contribution in [0.3, 0.4) is 0 Å². The van der Waals surface area contributed by atoms with Gasteiger partial charge in [-0.3, -0.25) is 4.90 Å². The molecular weight excluding hydrogens is 291 g/mol. The summed E-state index contributed by atoms with van der Waals surface area (Å²) in [4.78, 5) is 2.25. The molecule has 0 spiro atoms. The molecule has 3 nitrogen and oxygen atoms in total. The van der Waals surface area contributed by atoms with Crippen molar-refractivity contribution in [3.8, 4) is 5.75 Å². The number of nitrogens with two attached hydrogens (primary N) is 1. The first-order valence-corrected chi connectivity index (χ1v) is 8.01. The number of hydrogen-bond acceptors (Lipinski definition) is 3. The van der Waals surface area contributed by atoms with E-state index in [1.165, 1.54) is 11.6 Å². The summed E-state index contributed by atoms with van der Waals surface area (Å²) < 4.78 is 19.2. The molecule has 0 aromatic heterocycles. The minimum absolute atomic E-state index is 0.103. The zero-order valence-electron chi connectivity index (χ0n) is 13.4. The average Bonchev–Trinajstić information content (AvgIpc) is 2.56. The van der Waals surface area contributed by atoms with Crippen molar-refractivity contribution in [2.24, 2.45) is 5.73 Å². The van der Waals surface area contributed by atoms with Gasteiger partial charge in [-0.25, -0.2) is 4.39 Å². The molecule has 0 amide bonds. The van der Waals surface area contributed by atoms with Crippen LogP contribution in [-0.4, -0.2) is 31.1 Å². The fourth-order valence-corrected chi connectivity index (χ4v) is 3.37. The van der Waals surface area contributed by atoms with Gasteiger partial charge in [-0.2, -0.15) is 0 Å². The lowest BCUT2D eigenvalue weighted by molar-refractivity contribution is 0.179. The summed E-state index contributed by atoms with van der Waals surface area (Å²) in [6, 6.07) is 15.2. The van der Waals surface area contributed by atoms with Gasteiger partial charge in [-0.15, -0.1) is 0 Å². The normalized spacial score (nSPS) is 22.0. The lowest BCUT2D eigenvalue weighted by atomic mass is 9.88. The molecule has 2 N–H and O–H groups in total. The van der Waals surface area contributed by atoms with Crippen molar-refractivity contribution in [2.45, 2.75) is 24.9 Å². The van der Waals surface area contributed by atoms with Crippen LogP contribution in [0.4, 0.5) is 4.39 Å². The lowest BCUT2D eigenvalue weighted by Crippen LogP contribution is -2.45. The Bertz CT molecular complexity index is 661. The molecule has 122 valence electrons. The van der Waals surface area contributed by atoms with E-state index in [1.807, 2.05) is 24.3 Å². The van der Waals surface area contributed by atoms with Crippen molar-refractivity contribution in [1.82, 2.24) is 4.90 Å². The highest BCUT2D eigenvalue weighted by Gasteiger charge is 2.26. The highest BCUT2D eigenvalue weighted by Crippen LogP contribution is 2.29. The zero-order valence-corrected chi connectivity index (χ0v) is 13.4. The Morgan fingerprint density at radius 2 is 2.00 bits per heavy atom. The van der Waals surface area contributed by atoms with Crippen LogP contribution >= 0.6 is 0 Å². The molecule has 1 fully saturated rings. The largest absolute Gasteiger partial charge is 0.497 e. The summed E-state index contributed by atoms with van der Waals surface area (Å²) in [5, 5.41) is 0. The van der Waals surface area contributed by atoms with Crippen LogP contribution < -0.4 is 10.5 Å².